The molecule has 0 amide bonds. The molecular weight excluding hydrogens is 237 g/mol. The molecule has 0 bridgehead atoms. The number of alkyl halides is 3. The number of nitrogens with zero attached hydrogens (tertiary/aromatic N) is 1. The maximum atomic E-state index is 10.7. The van der Waals surface area contributed by atoms with Gasteiger partial charge in [0.05, 0.1) is 6.20 Å². The van der Waals surface area contributed by atoms with Gasteiger partial charge in [0.15, 0.2) is 10.1 Å². The fourth-order valence-electron chi connectivity index (χ4n) is 0.415. The summed E-state index contributed by atoms with van der Waals surface area (Å²) in [5.41, 5.74) is -5.65. The first-order valence-electron chi connectivity index (χ1n) is 3.36. The van der Waals surface area contributed by atoms with Crippen LogP contribution in [0.15, 0.2) is 25.3 Å². The number of rotatable bonds is 1. The average Bonchev–Trinajstić information content (AvgIpc) is 2.52. The second kappa shape index (κ2) is 4.94. The molecular formula is C6H7F3N2O3S. The van der Waals surface area contributed by atoms with Gasteiger partial charge in [-0.1, -0.05) is 6.58 Å². The van der Waals surface area contributed by atoms with Crippen molar-refractivity contribution in [2.75, 3.05) is 0 Å². The van der Waals surface area contributed by atoms with E-state index in [0.717, 1.165) is 0 Å². The maximum absolute atomic E-state index is 10.7. The Bertz CT molecular complexity index is 396. The fraction of sp³-hybridized carbons (Fsp3) is 0.167. The van der Waals surface area contributed by atoms with E-state index in [1.54, 1.807) is 6.20 Å². The van der Waals surface area contributed by atoms with E-state index in [1.807, 2.05) is 23.3 Å². The highest BCUT2D eigenvalue weighted by molar-refractivity contribution is 7.86. The molecule has 1 N–H and O–H groups in total. The Morgan fingerprint density at radius 1 is 1.47 bits per heavy atom. The number of aromatic nitrogens is 2. The zero-order chi connectivity index (χ0) is 12.1. The minimum atomic E-state index is -6.09. The third-order valence-electron chi connectivity index (χ3n) is 1.06. The number of imidazole rings is 1. The van der Waals surface area contributed by atoms with Crippen LogP contribution in [0.2, 0.25) is 0 Å². The van der Waals surface area contributed by atoms with Crippen LogP contribution in [-0.4, -0.2) is 23.5 Å². The van der Waals surface area contributed by atoms with Crippen molar-refractivity contribution >= 4 is 16.3 Å². The van der Waals surface area contributed by atoms with E-state index in [0.29, 0.717) is 0 Å². The van der Waals surface area contributed by atoms with Crippen molar-refractivity contribution in [2.45, 2.75) is 5.51 Å². The lowest BCUT2D eigenvalue weighted by atomic mass is 10.9. The average molecular weight is 244 g/mol. The Kier molecular flexibility index (Phi) is 4.49. The molecule has 15 heavy (non-hydrogen) atoms. The smallest absolute Gasteiger partial charge is 0.485 e. The molecule has 0 saturated heterocycles. The van der Waals surface area contributed by atoms with Gasteiger partial charge in [0.25, 0.3) is 0 Å². The summed E-state index contributed by atoms with van der Waals surface area (Å²) in [6, 6.07) is 0. The van der Waals surface area contributed by atoms with Gasteiger partial charge in [-0.3, -0.25) is 0 Å². The first-order chi connectivity index (χ1) is 6.68. The van der Waals surface area contributed by atoms with E-state index < -0.39 is 15.6 Å². The Balaban J connectivity index is 0.000000262. The Hall–Kier alpha value is -1.35. The second-order valence-electron chi connectivity index (χ2n) is 2.14. The molecule has 0 aliphatic heterocycles. The highest BCUT2D eigenvalue weighted by Gasteiger charge is 2.36. The molecule has 0 spiro atoms. The van der Waals surface area contributed by atoms with Crippen molar-refractivity contribution < 1.29 is 30.7 Å². The zero-order valence-electron chi connectivity index (χ0n) is 7.23. The van der Waals surface area contributed by atoms with Crippen molar-refractivity contribution in [3.8, 4) is 0 Å². The molecule has 0 saturated carbocycles. The zero-order valence-corrected chi connectivity index (χ0v) is 8.05. The van der Waals surface area contributed by atoms with Gasteiger partial charge >= 0.3 is 5.51 Å². The predicted octanol–water partition coefficient (Wildman–Crippen LogP) is 0.454. The van der Waals surface area contributed by atoms with E-state index >= 15 is 0 Å². The van der Waals surface area contributed by atoms with Gasteiger partial charge in [0, 0.05) is 0 Å². The first kappa shape index (κ1) is 13.7. The van der Waals surface area contributed by atoms with E-state index in [9.17, 15) is 13.2 Å². The Labute approximate surface area is 83.6 Å². The quantitative estimate of drug-likeness (QED) is 0.442. The molecule has 0 fully saturated rings. The molecule has 0 aromatic carbocycles. The molecule has 1 heterocycles. The largest absolute Gasteiger partial charge is 0.741 e. The summed E-state index contributed by atoms with van der Waals surface area (Å²) in [6.07, 6.45) is 7.25. The number of hydrogen-bond acceptors (Lipinski definition) is 3. The normalized spacial score (nSPS) is 11.5. The molecule has 9 heteroatoms. The molecule has 1 aromatic heterocycles. The summed E-state index contributed by atoms with van der Waals surface area (Å²) < 4.78 is 60.7. The van der Waals surface area contributed by atoms with Gasteiger partial charge in [-0.25, -0.2) is 18.0 Å². The van der Waals surface area contributed by atoms with E-state index in [-0.39, 0.29) is 0 Å². The highest BCUT2D eigenvalue weighted by atomic mass is 32.2. The third kappa shape index (κ3) is 5.18. The lowest BCUT2D eigenvalue weighted by Gasteiger charge is -2.08. The minimum absolute atomic E-state index is 1.72. The van der Waals surface area contributed by atoms with Crippen molar-refractivity contribution in [3.05, 3.63) is 25.3 Å². The Morgan fingerprint density at radius 3 is 2.07 bits per heavy atom. The third-order valence-corrected chi connectivity index (χ3v) is 1.63. The number of halogens is 3. The number of hydrogen-bond donors (Lipinski definition) is 1. The van der Waals surface area contributed by atoms with Crippen LogP contribution in [0.1, 0.15) is 0 Å². The summed E-state index contributed by atoms with van der Waals surface area (Å²) in [7, 11) is -6.09. The van der Waals surface area contributed by atoms with E-state index in [2.05, 4.69) is 11.6 Å². The highest BCUT2D eigenvalue weighted by Crippen LogP contribution is 2.20. The Morgan fingerprint density at radius 2 is 1.93 bits per heavy atom. The lowest BCUT2D eigenvalue weighted by molar-refractivity contribution is -0.566. The molecule has 0 aliphatic rings. The van der Waals surface area contributed by atoms with Crippen molar-refractivity contribution in [3.63, 3.8) is 0 Å². The van der Waals surface area contributed by atoms with Crippen LogP contribution in [0.5, 0.6) is 0 Å². The van der Waals surface area contributed by atoms with Crippen molar-refractivity contribution in [1.29, 1.82) is 0 Å². The summed E-state index contributed by atoms with van der Waals surface area (Å²) in [4.78, 5) is 2.87. The fourth-order valence-corrected chi connectivity index (χ4v) is 0.415. The SMILES string of the molecule is C=C[n+]1cc[nH]c1.O=S(=O)([O-])C(F)(F)F. The summed E-state index contributed by atoms with van der Waals surface area (Å²) in [5, 5.41) is 0. The summed E-state index contributed by atoms with van der Waals surface area (Å²) in [5.74, 6) is 0. The molecule has 0 atom stereocenters. The number of H-pyrrole nitrogens is 1. The van der Waals surface area contributed by atoms with Crippen LogP contribution in [0.4, 0.5) is 13.2 Å². The van der Waals surface area contributed by atoms with Crippen LogP contribution in [0.3, 0.4) is 0 Å². The van der Waals surface area contributed by atoms with Gasteiger partial charge in [0.1, 0.15) is 12.4 Å². The van der Waals surface area contributed by atoms with E-state index in [4.69, 9.17) is 13.0 Å². The van der Waals surface area contributed by atoms with Gasteiger partial charge in [-0.05, 0) is 0 Å². The molecule has 5 nitrogen and oxygen atoms in total. The predicted molar refractivity (Wildman–Crippen MR) is 43.1 cm³/mol. The summed E-state index contributed by atoms with van der Waals surface area (Å²) >= 11 is 0. The molecule has 0 aliphatic carbocycles. The molecule has 1 aromatic rings. The monoisotopic (exact) mass is 244 g/mol. The topological polar surface area (TPSA) is 76.9 Å². The van der Waals surface area contributed by atoms with Gasteiger partial charge in [-0.2, -0.15) is 13.2 Å². The van der Waals surface area contributed by atoms with Gasteiger partial charge in [-0.15, -0.1) is 0 Å². The lowest BCUT2D eigenvalue weighted by Crippen LogP contribution is -2.21. The molecule has 0 unspecified atom stereocenters. The minimum Gasteiger partial charge on any atom is -0.741 e. The van der Waals surface area contributed by atoms with Gasteiger partial charge in [0.2, 0.25) is 6.33 Å². The molecule has 86 valence electrons. The van der Waals surface area contributed by atoms with Gasteiger partial charge < -0.3 is 4.55 Å². The maximum Gasteiger partial charge on any atom is 0.485 e. The van der Waals surface area contributed by atoms with Crippen LogP contribution in [-0.2, 0) is 10.1 Å². The molecule has 0 radical (unpaired) electrons. The summed E-state index contributed by atoms with van der Waals surface area (Å²) in [6.45, 7) is 3.55. The molecule has 1 rings (SSSR count). The number of aromatic amines is 1. The van der Waals surface area contributed by atoms with Crippen molar-refractivity contribution in [2.24, 2.45) is 0 Å². The van der Waals surface area contributed by atoms with Crippen molar-refractivity contribution in [1.82, 2.24) is 4.98 Å². The van der Waals surface area contributed by atoms with Crippen LogP contribution in [0, 0.1) is 0 Å². The standard InChI is InChI=1S/C5H6N2.CHF3O3S/c1-2-7-4-3-6-5-7;2-1(3,4)8(5,6)7/h2-5H,1H2;(H,5,6,7). The van der Waals surface area contributed by atoms with Crippen LogP contribution in [0.25, 0.3) is 6.20 Å². The van der Waals surface area contributed by atoms with Crippen LogP contribution < -0.4 is 4.57 Å². The second-order valence-corrected chi connectivity index (χ2v) is 3.51. The number of nitrogens with one attached hydrogen (secondary N) is 1. The van der Waals surface area contributed by atoms with E-state index in [1.165, 1.54) is 0 Å². The van der Waals surface area contributed by atoms with Crippen LogP contribution >= 0.6 is 0 Å². The first-order valence-corrected chi connectivity index (χ1v) is 4.77.